The molecule has 1 aliphatic heterocycles. The van der Waals surface area contributed by atoms with Gasteiger partial charge in [0.05, 0.1) is 19.3 Å². The lowest BCUT2D eigenvalue weighted by Crippen LogP contribution is -2.43. The molecule has 2 heterocycles. The van der Waals surface area contributed by atoms with Crippen molar-refractivity contribution in [1.29, 1.82) is 0 Å². The highest BCUT2D eigenvalue weighted by Crippen LogP contribution is 2.20. The van der Waals surface area contributed by atoms with Gasteiger partial charge < -0.3 is 15.2 Å². The standard InChI is InChI=1S/C14H24N2O2S/c1-11-7-14(19-12(11)2)9-15-8-13(17)10-16-3-5-18-6-4-16/h7,13,15,17H,3-6,8-10H2,1-2H3. The van der Waals surface area contributed by atoms with Crippen LogP contribution in [0.2, 0.25) is 0 Å². The average molecular weight is 284 g/mol. The third-order valence-electron chi connectivity index (χ3n) is 3.47. The molecule has 1 aromatic heterocycles. The fourth-order valence-electron chi connectivity index (χ4n) is 2.25. The van der Waals surface area contributed by atoms with E-state index < -0.39 is 0 Å². The number of aliphatic hydroxyl groups excluding tert-OH is 1. The van der Waals surface area contributed by atoms with Gasteiger partial charge in [-0.3, -0.25) is 4.90 Å². The molecule has 5 heteroatoms. The lowest BCUT2D eigenvalue weighted by Gasteiger charge is -2.28. The van der Waals surface area contributed by atoms with Crippen LogP contribution < -0.4 is 5.32 Å². The van der Waals surface area contributed by atoms with E-state index in [0.29, 0.717) is 6.54 Å². The third-order valence-corrected chi connectivity index (χ3v) is 4.62. The van der Waals surface area contributed by atoms with Crippen LogP contribution in [0.4, 0.5) is 0 Å². The van der Waals surface area contributed by atoms with Crippen molar-refractivity contribution in [1.82, 2.24) is 10.2 Å². The van der Waals surface area contributed by atoms with Crippen molar-refractivity contribution in [3.63, 3.8) is 0 Å². The molecular formula is C14H24N2O2S. The first-order chi connectivity index (χ1) is 9.15. The number of aryl methyl sites for hydroxylation is 2. The van der Waals surface area contributed by atoms with E-state index in [1.54, 1.807) is 0 Å². The molecule has 0 aromatic carbocycles. The number of rotatable bonds is 6. The zero-order valence-corrected chi connectivity index (χ0v) is 12.6. The first-order valence-corrected chi connectivity index (χ1v) is 7.71. The van der Waals surface area contributed by atoms with E-state index in [-0.39, 0.29) is 6.10 Å². The summed E-state index contributed by atoms with van der Waals surface area (Å²) in [6, 6.07) is 2.22. The molecule has 0 saturated carbocycles. The van der Waals surface area contributed by atoms with Gasteiger partial charge >= 0.3 is 0 Å². The van der Waals surface area contributed by atoms with Crippen LogP contribution in [-0.4, -0.2) is 55.5 Å². The van der Waals surface area contributed by atoms with E-state index in [9.17, 15) is 5.11 Å². The summed E-state index contributed by atoms with van der Waals surface area (Å²) in [4.78, 5) is 4.98. The molecule has 0 radical (unpaired) electrons. The molecule has 19 heavy (non-hydrogen) atoms. The minimum absolute atomic E-state index is 0.305. The Morgan fingerprint density at radius 2 is 2.16 bits per heavy atom. The minimum atomic E-state index is -0.305. The lowest BCUT2D eigenvalue weighted by atomic mass is 10.2. The third kappa shape index (κ3) is 4.85. The first kappa shape index (κ1) is 14.9. The Labute approximate surface area is 119 Å². The predicted molar refractivity (Wildman–Crippen MR) is 78.8 cm³/mol. The molecule has 1 aromatic rings. The van der Waals surface area contributed by atoms with E-state index in [0.717, 1.165) is 39.4 Å². The maximum absolute atomic E-state index is 10.00. The molecule has 0 bridgehead atoms. The summed E-state index contributed by atoms with van der Waals surface area (Å²) in [6.45, 7) is 9.95. The average Bonchev–Trinajstić information content (AvgIpc) is 2.70. The van der Waals surface area contributed by atoms with Crippen molar-refractivity contribution >= 4 is 11.3 Å². The normalized spacial score (nSPS) is 18.7. The van der Waals surface area contributed by atoms with Crippen molar-refractivity contribution < 1.29 is 9.84 Å². The van der Waals surface area contributed by atoms with Crippen LogP contribution in [0.3, 0.4) is 0 Å². The van der Waals surface area contributed by atoms with Gasteiger partial charge in [-0.1, -0.05) is 0 Å². The highest BCUT2D eigenvalue weighted by molar-refractivity contribution is 7.12. The van der Waals surface area contributed by atoms with Crippen molar-refractivity contribution in [3.05, 3.63) is 21.4 Å². The summed E-state index contributed by atoms with van der Waals surface area (Å²) < 4.78 is 5.30. The Kier molecular flexibility index (Phi) is 5.78. The molecule has 108 valence electrons. The first-order valence-electron chi connectivity index (χ1n) is 6.90. The van der Waals surface area contributed by atoms with Crippen LogP contribution in [0.15, 0.2) is 6.07 Å². The van der Waals surface area contributed by atoms with E-state index >= 15 is 0 Å². The van der Waals surface area contributed by atoms with Gasteiger partial charge in [0, 0.05) is 42.5 Å². The Hall–Kier alpha value is -0.460. The predicted octanol–water partition coefficient (Wildman–Crippen LogP) is 1.15. The molecule has 1 aliphatic rings. The number of thiophene rings is 1. The second-order valence-corrected chi connectivity index (χ2v) is 6.49. The van der Waals surface area contributed by atoms with Gasteiger partial charge in [0.25, 0.3) is 0 Å². The number of nitrogens with zero attached hydrogens (tertiary/aromatic N) is 1. The molecule has 4 nitrogen and oxygen atoms in total. The van der Waals surface area contributed by atoms with Crippen molar-refractivity contribution in [3.8, 4) is 0 Å². The SMILES string of the molecule is Cc1cc(CNCC(O)CN2CCOCC2)sc1C. The number of hydrogen-bond acceptors (Lipinski definition) is 5. The molecule has 0 amide bonds. The molecule has 0 aliphatic carbocycles. The van der Waals surface area contributed by atoms with E-state index in [2.05, 4.69) is 30.1 Å². The van der Waals surface area contributed by atoms with E-state index in [4.69, 9.17) is 4.74 Å². The van der Waals surface area contributed by atoms with E-state index in [1.807, 2.05) is 11.3 Å². The van der Waals surface area contributed by atoms with Gasteiger partial charge in [-0.25, -0.2) is 0 Å². The number of β-amino-alcohol motifs (C(OH)–C–C–N with tert-alkyl or cyclic N) is 1. The van der Waals surface area contributed by atoms with Crippen LogP contribution >= 0.6 is 11.3 Å². The van der Waals surface area contributed by atoms with Gasteiger partial charge in [-0.05, 0) is 25.5 Å². The summed E-state index contributed by atoms with van der Waals surface area (Å²) >= 11 is 1.83. The highest BCUT2D eigenvalue weighted by atomic mass is 32.1. The van der Waals surface area contributed by atoms with Crippen LogP contribution in [0.25, 0.3) is 0 Å². The number of nitrogens with one attached hydrogen (secondary N) is 1. The molecular weight excluding hydrogens is 260 g/mol. The van der Waals surface area contributed by atoms with Gasteiger partial charge in [0.15, 0.2) is 0 Å². The summed E-state index contributed by atoms with van der Waals surface area (Å²) in [5, 5.41) is 13.3. The summed E-state index contributed by atoms with van der Waals surface area (Å²) in [6.07, 6.45) is -0.305. The number of morpholine rings is 1. The smallest absolute Gasteiger partial charge is 0.0791 e. The topological polar surface area (TPSA) is 44.7 Å². The summed E-state index contributed by atoms with van der Waals surface area (Å²) in [5.74, 6) is 0. The van der Waals surface area contributed by atoms with Crippen LogP contribution in [0.5, 0.6) is 0 Å². The molecule has 1 saturated heterocycles. The summed E-state index contributed by atoms with van der Waals surface area (Å²) in [7, 11) is 0. The molecule has 2 rings (SSSR count). The number of aliphatic hydroxyl groups is 1. The second kappa shape index (κ2) is 7.36. The molecule has 1 atom stereocenters. The van der Waals surface area contributed by atoms with Crippen LogP contribution in [-0.2, 0) is 11.3 Å². The van der Waals surface area contributed by atoms with Gasteiger partial charge in [-0.15, -0.1) is 11.3 Å². The molecule has 0 spiro atoms. The minimum Gasteiger partial charge on any atom is -0.390 e. The Morgan fingerprint density at radius 1 is 1.42 bits per heavy atom. The molecule has 1 fully saturated rings. The Balaban J connectivity index is 1.64. The molecule has 2 N–H and O–H groups in total. The van der Waals surface area contributed by atoms with E-state index in [1.165, 1.54) is 15.3 Å². The maximum Gasteiger partial charge on any atom is 0.0791 e. The quantitative estimate of drug-likeness (QED) is 0.822. The van der Waals surface area contributed by atoms with Crippen LogP contribution in [0.1, 0.15) is 15.3 Å². The zero-order chi connectivity index (χ0) is 13.7. The summed E-state index contributed by atoms with van der Waals surface area (Å²) in [5.41, 5.74) is 1.36. The fourth-order valence-corrected chi connectivity index (χ4v) is 3.27. The Morgan fingerprint density at radius 3 is 2.79 bits per heavy atom. The molecule has 1 unspecified atom stereocenters. The lowest BCUT2D eigenvalue weighted by molar-refractivity contribution is 0.0149. The van der Waals surface area contributed by atoms with Gasteiger partial charge in [0.1, 0.15) is 0 Å². The van der Waals surface area contributed by atoms with Gasteiger partial charge in [0.2, 0.25) is 0 Å². The van der Waals surface area contributed by atoms with Crippen molar-refractivity contribution in [2.75, 3.05) is 39.4 Å². The number of hydrogen-bond donors (Lipinski definition) is 2. The van der Waals surface area contributed by atoms with Crippen LogP contribution in [0, 0.1) is 13.8 Å². The monoisotopic (exact) mass is 284 g/mol. The maximum atomic E-state index is 10.00. The zero-order valence-electron chi connectivity index (χ0n) is 11.8. The highest BCUT2D eigenvalue weighted by Gasteiger charge is 2.14. The second-order valence-electron chi connectivity index (χ2n) is 5.15. The van der Waals surface area contributed by atoms with Crippen molar-refractivity contribution in [2.45, 2.75) is 26.5 Å². The number of ether oxygens (including phenoxy) is 1. The largest absolute Gasteiger partial charge is 0.390 e. The Bertz CT molecular complexity index is 369. The van der Waals surface area contributed by atoms with Gasteiger partial charge in [-0.2, -0.15) is 0 Å². The van der Waals surface area contributed by atoms with Crippen molar-refractivity contribution in [2.24, 2.45) is 0 Å². The fraction of sp³-hybridized carbons (Fsp3) is 0.714.